The van der Waals surface area contributed by atoms with Gasteiger partial charge in [0.25, 0.3) is 5.91 Å². The number of methoxy groups -OCH3 is 1. The van der Waals surface area contributed by atoms with Crippen LogP contribution in [0.25, 0.3) is 0 Å². The molecule has 1 heterocycles. The van der Waals surface area contributed by atoms with E-state index in [4.69, 9.17) is 14.6 Å². The van der Waals surface area contributed by atoms with Crippen LogP contribution in [0.3, 0.4) is 0 Å². The van der Waals surface area contributed by atoms with E-state index in [9.17, 15) is 9.59 Å². The van der Waals surface area contributed by atoms with Crippen LogP contribution in [0.1, 0.15) is 29.6 Å². The monoisotopic (exact) mass is 307 g/mol. The van der Waals surface area contributed by atoms with E-state index in [1.165, 1.54) is 4.90 Å². The molecule has 1 N–H and O–H groups in total. The second kappa shape index (κ2) is 7.79. The molecule has 1 aromatic rings. The lowest BCUT2D eigenvalue weighted by Gasteiger charge is -2.21. The van der Waals surface area contributed by atoms with E-state index in [0.717, 1.165) is 12.8 Å². The van der Waals surface area contributed by atoms with Crippen molar-refractivity contribution < 1.29 is 24.2 Å². The van der Waals surface area contributed by atoms with Crippen LogP contribution < -0.4 is 4.74 Å². The van der Waals surface area contributed by atoms with Crippen molar-refractivity contribution in [2.45, 2.75) is 25.3 Å². The van der Waals surface area contributed by atoms with E-state index in [-0.39, 0.29) is 5.91 Å². The van der Waals surface area contributed by atoms with Gasteiger partial charge in [0.05, 0.1) is 6.61 Å². The SMILES string of the molecule is COCCCOc1ccc(C(=O)N2CCC[C@@H]2C(=O)O)cc1. The number of hydrogen-bond acceptors (Lipinski definition) is 4. The van der Waals surface area contributed by atoms with E-state index in [2.05, 4.69) is 0 Å². The largest absolute Gasteiger partial charge is 0.494 e. The van der Waals surface area contributed by atoms with Crippen molar-refractivity contribution in [1.29, 1.82) is 0 Å². The van der Waals surface area contributed by atoms with Crippen LogP contribution in [0, 0.1) is 0 Å². The number of ether oxygens (including phenoxy) is 2. The molecule has 6 nitrogen and oxygen atoms in total. The molecule has 0 aliphatic carbocycles. The summed E-state index contributed by atoms with van der Waals surface area (Å²) in [5, 5.41) is 9.14. The van der Waals surface area contributed by atoms with Crippen LogP contribution in [0.2, 0.25) is 0 Å². The maximum atomic E-state index is 12.4. The number of carbonyl (C=O) groups excluding carboxylic acids is 1. The lowest BCUT2D eigenvalue weighted by molar-refractivity contribution is -0.141. The number of carboxylic acid groups (broad SMARTS) is 1. The molecule has 22 heavy (non-hydrogen) atoms. The van der Waals surface area contributed by atoms with E-state index in [1.807, 2.05) is 0 Å². The number of aliphatic carboxylic acids is 1. The number of benzene rings is 1. The van der Waals surface area contributed by atoms with Gasteiger partial charge in [-0.15, -0.1) is 0 Å². The molecule has 1 saturated heterocycles. The van der Waals surface area contributed by atoms with E-state index >= 15 is 0 Å². The van der Waals surface area contributed by atoms with Gasteiger partial charge in [0.1, 0.15) is 11.8 Å². The van der Waals surface area contributed by atoms with Gasteiger partial charge in [0, 0.05) is 32.2 Å². The fourth-order valence-corrected chi connectivity index (χ4v) is 2.52. The lowest BCUT2D eigenvalue weighted by Crippen LogP contribution is -2.40. The van der Waals surface area contributed by atoms with Crippen LogP contribution in [0.15, 0.2) is 24.3 Å². The molecular weight excluding hydrogens is 286 g/mol. The number of likely N-dealkylation sites (tertiary alicyclic amines) is 1. The first-order valence-electron chi connectivity index (χ1n) is 7.39. The van der Waals surface area contributed by atoms with Crippen molar-refractivity contribution in [3.05, 3.63) is 29.8 Å². The highest BCUT2D eigenvalue weighted by molar-refractivity contribution is 5.97. The first kappa shape index (κ1) is 16.3. The van der Waals surface area contributed by atoms with Crippen molar-refractivity contribution in [1.82, 2.24) is 4.90 Å². The van der Waals surface area contributed by atoms with Gasteiger partial charge < -0.3 is 19.5 Å². The van der Waals surface area contributed by atoms with Gasteiger partial charge in [0.15, 0.2) is 0 Å². The van der Waals surface area contributed by atoms with E-state index in [0.29, 0.717) is 37.5 Å². The van der Waals surface area contributed by atoms with Crippen molar-refractivity contribution in [2.75, 3.05) is 26.9 Å². The summed E-state index contributed by atoms with van der Waals surface area (Å²) in [7, 11) is 1.64. The maximum Gasteiger partial charge on any atom is 0.326 e. The lowest BCUT2D eigenvalue weighted by atomic mass is 10.1. The van der Waals surface area contributed by atoms with E-state index in [1.54, 1.807) is 31.4 Å². The third-order valence-corrected chi connectivity index (χ3v) is 3.66. The summed E-state index contributed by atoms with van der Waals surface area (Å²) in [5.74, 6) is -0.497. The minimum absolute atomic E-state index is 0.240. The normalized spacial score (nSPS) is 17.5. The van der Waals surface area contributed by atoms with Crippen LogP contribution in [-0.2, 0) is 9.53 Å². The zero-order valence-corrected chi connectivity index (χ0v) is 12.7. The van der Waals surface area contributed by atoms with Gasteiger partial charge in [-0.05, 0) is 37.1 Å². The van der Waals surface area contributed by atoms with Gasteiger partial charge in [0.2, 0.25) is 0 Å². The van der Waals surface area contributed by atoms with Gasteiger partial charge in [-0.3, -0.25) is 4.79 Å². The number of rotatable bonds is 7. The Labute approximate surface area is 129 Å². The van der Waals surface area contributed by atoms with E-state index < -0.39 is 12.0 Å². The molecular formula is C16H21NO5. The third-order valence-electron chi connectivity index (χ3n) is 3.66. The molecule has 0 saturated carbocycles. The molecule has 1 amide bonds. The molecule has 120 valence electrons. The summed E-state index contributed by atoms with van der Waals surface area (Å²) in [6, 6.07) is 6.09. The van der Waals surface area contributed by atoms with Crippen LogP contribution in [0.4, 0.5) is 0 Å². The summed E-state index contributed by atoms with van der Waals surface area (Å²) in [4.78, 5) is 25.0. The van der Waals surface area contributed by atoms with Gasteiger partial charge in [-0.1, -0.05) is 0 Å². The predicted molar refractivity (Wildman–Crippen MR) is 80.1 cm³/mol. The first-order chi connectivity index (χ1) is 10.6. The Morgan fingerprint density at radius 3 is 2.64 bits per heavy atom. The fraction of sp³-hybridized carbons (Fsp3) is 0.500. The Morgan fingerprint density at radius 1 is 1.27 bits per heavy atom. The summed E-state index contributed by atoms with van der Waals surface area (Å²) < 4.78 is 10.5. The molecule has 6 heteroatoms. The van der Waals surface area contributed by atoms with Crippen molar-refractivity contribution >= 4 is 11.9 Å². The first-order valence-corrected chi connectivity index (χ1v) is 7.39. The number of carboxylic acids is 1. The molecule has 2 rings (SSSR count). The number of amides is 1. The quantitative estimate of drug-likeness (QED) is 0.777. The highest BCUT2D eigenvalue weighted by Crippen LogP contribution is 2.21. The molecule has 1 fully saturated rings. The summed E-state index contributed by atoms with van der Waals surface area (Å²) in [5.41, 5.74) is 0.484. The zero-order valence-electron chi connectivity index (χ0n) is 12.7. The molecule has 1 aliphatic heterocycles. The molecule has 1 aliphatic rings. The van der Waals surface area contributed by atoms with Gasteiger partial charge >= 0.3 is 5.97 Å². The topological polar surface area (TPSA) is 76.1 Å². The standard InChI is InChI=1S/C16H21NO5/c1-21-10-3-11-22-13-7-5-12(6-8-13)15(18)17-9-2-4-14(17)16(19)20/h5-8,14H,2-4,9-11H2,1H3,(H,19,20)/t14-/m1/s1. The van der Waals surface area contributed by atoms with Gasteiger partial charge in [-0.2, -0.15) is 0 Å². The predicted octanol–water partition coefficient (Wildman–Crippen LogP) is 1.79. The molecule has 0 radical (unpaired) electrons. The van der Waals surface area contributed by atoms with Crippen molar-refractivity contribution in [2.24, 2.45) is 0 Å². The zero-order chi connectivity index (χ0) is 15.9. The fourth-order valence-electron chi connectivity index (χ4n) is 2.52. The smallest absolute Gasteiger partial charge is 0.326 e. The average Bonchev–Trinajstić information content (AvgIpc) is 3.01. The molecule has 0 unspecified atom stereocenters. The second-order valence-corrected chi connectivity index (χ2v) is 5.21. The number of carbonyl (C=O) groups is 2. The minimum atomic E-state index is -0.941. The maximum absolute atomic E-state index is 12.4. The molecule has 0 spiro atoms. The minimum Gasteiger partial charge on any atom is -0.494 e. The average molecular weight is 307 g/mol. The molecule has 1 aromatic carbocycles. The molecule has 1 atom stereocenters. The summed E-state index contributed by atoms with van der Waals surface area (Å²) in [6.45, 7) is 1.68. The Kier molecular flexibility index (Phi) is 5.77. The molecule has 0 bridgehead atoms. The van der Waals surface area contributed by atoms with Crippen LogP contribution >= 0.6 is 0 Å². The highest BCUT2D eigenvalue weighted by Gasteiger charge is 2.34. The Balaban J connectivity index is 1.95. The number of nitrogens with zero attached hydrogens (tertiary/aromatic N) is 1. The van der Waals surface area contributed by atoms with Crippen LogP contribution in [-0.4, -0.2) is 54.8 Å². The Hall–Kier alpha value is -2.08. The third kappa shape index (κ3) is 3.98. The summed E-state index contributed by atoms with van der Waals surface area (Å²) in [6.07, 6.45) is 2.04. The molecule has 0 aromatic heterocycles. The Morgan fingerprint density at radius 2 is 2.00 bits per heavy atom. The van der Waals surface area contributed by atoms with Crippen molar-refractivity contribution in [3.63, 3.8) is 0 Å². The summed E-state index contributed by atoms with van der Waals surface area (Å²) >= 11 is 0. The van der Waals surface area contributed by atoms with Crippen LogP contribution in [0.5, 0.6) is 5.75 Å². The van der Waals surface area contributed by atoms with Crippen molar-refractivity contribution in [3.8, 4) is 5.75 Å². The Bertz CT molecular complexity index is 514. The second-order valence-electron chi connectivity index (χ2n) is 5.21. The van der Waals surface area contributed by atoms with Gasteiger partial charge in [-0.25, -0.2) is 4.79 Å². The number of hydrogen-bond donors (Lipinski definition) is 1. The highest BCUT2D eigenvalue weighted by atomic mass is 16.5.